The molecule has 24 heavy (non-hydrogen) atoms. The molecule has 1 amide bonds. The van der Waals surface area contributed by atoms with Crippen molar-refractivity contribution in [3.8, 4) is 0 Å². The summed E-state index contributed by atoms with van der Waals surface area (Å²) in [6.07, 6.45) is 5.35. The third-order valence-corrected chi connectivity index (χ3v) is 5.15. The van der Waals surface area contributed by atoms with Gasteiger partial charge in [0.15, 0.2) is 11.6 Å². The van der Waals surface area contributed by atoms with Crippen LogP contribution < -0.4 is 9.80 Å². The van der Waals surface area contributed by atoms with Crippen LogP contribution in [0.4, 0.5) is 11.6 Å². The van der Waals surface area contributed by atoms with Crippen molar-refractivity contribution >= 4 is 17.5 Å². The molecule has 0 spiro atoms. The van der Waals surface area contributed by atoms with Crippen molar-refractivity contribution in [1.29, 1.82) is 0 Å². The number of aromatic nitrogens is 2. The summed E-state index contributed by atoms with van der Waals surface area (Å²) >= 11 is 0. The minimum absolute atomic E-state index is 0.276. The molecule has 3 heterocycles. The third kappa shape index (κ3) is 3.79. The molecule has 0 N–H and O–H groups in total. The third-order valence-electron chi connectivity index (χ3n) is 5.15. The molecular weight excluding hydrogens is 302 g/mol. The largest absolute Gasteiger partial charge is 0.352 e. The Hall–Kier alpha value is -1.85. The van der Waals surface area contributed by atoms with Gasteiger partial charge in [-0.05, 0) is 44.7 Å². The van der Waals surface area contributed by atoms with Crippen molar-refractivity contribution in [2.24, 2.45) is 0 Å². The molecule has 2 aliphatic rings. The standard InChI is InChI=1S/C18H29N5O/c1-3-6-18(24)22-13-11-21(12-14-22)16-8-9-17(20-19-16)23-10-5-4-7-15(23)2/h8-9,15H,3-7,10-14H2,1-2H3. The minimum Gasteiger partial charge on any atom is -0.352 e. The Morgan fingerprint density at radius 3 is 2.42 bits per heavy atom. The second-order valence-electron chi connectivity index (χ2n) is 6.91. The van der Waals surface area contributed by atoms with Gasteiger partial charge in [0.1, 0.15) is 0 Å². The van der Waals surface area contributed by atoms with Crippen LogP contribution in [0.1, 0.15) is 46.0 Å². The fraction of sp³-hybridized carbons (Fsp3) is 0.722. The molecule has 0 saturated carbocycles. The number of piperidine rings is 1. The van der Waals surface area contributed by atoms with Crippen molar-refractivity contribution in [2.75, 3.05) is 42.5 Å². The molecule has 0 aromatic carbocycles. The summed E-state index contributed by atoms with van der Waals surface area (Å²) in [5.41, 5.74) is 0. The lowest BCUT2D eigenvalue weighted by Gasteiger charge is -2.36. The molecule has 1 aromatic heterocycles. The van der Waals surface area contributed by atoms with E-state index in [4.69, 9.17) is 0 Å². The van der Waals surface area contributed by atoms with E-state index in [-0.39, 0.29) is 5.91 Å². The minimum atomic E-state index is 0.276. The van der Waals surface area contributed by atoms with Gasteiger partial charge in [0.2, 0.25) is 5.91 Å². The first kappa shape index (κ1) is 17.0. The molecule has 2 saturated heterocycles. The highest BCUT2D eigenvalue weighted by Crippen LogP contribution is 2.23. The van der Waals surface area contributed by atoms with Gasteiger partial charge in [0.05, 0.1) is 0 Å². The van der Waals surface area contributed by atoms with E-state index in [0.717, 1.165) is 50.8 Å². The van der Waals surface area contributed by atoms with Crippen molar-refractivity contribution in [3.05, 3.63) is 12.1 Å². The molecule has 6 nitrogen and oxygen atoms in total. The Kier molecular flexibility index (Phi) is 5.53. The van der Waals surface area contributed by atoms with E-state index in [1.54, 1.807) is 0 Å². The highest BCUT2D eigenvalue weighted by Gasteiger charge is 2.23. The maximum absolute atomic E-state index is 12.0. The van der Waals surface area contributed by atoms with Gasteiger partial charge in [0.25, 0.3) is 0 Å². The fourth-order valence-corrected chi connectivity index (χ4v) is 3.64. The van der Waals surface area contributed by atoms with Crippen molar-refractivity contribution in [1.82, 2.24) is 15.1 Å². The molecule has 3 rings (SSSR count). The van der Waals surface area contributed by atoms with E-state index < -0.39 is 0 Å². The number of piperazine rings is 1. The quantitative estimate of drug-likeness (QED) is 0.847. The predicted octanol–water partition coefficient (Wildman–Crippen LogP) is 2.30. The van der Waals surface area contributed by atoms with Crippen molar-refractivity contribution in [3.63, 3.8) is 0 Å². The topological polar surface area (TPSA) is 52.6 Å². The lowest BCUT2D eigenvalue weighted by Crippen LogP contribution is -2.49. The summed E-state index contributed by atoms with van der Waals surface area (Å²) < 4.78 is 0. The Bertz CT molecular complexity index is 539. The van der Waals surface area contributed by atoms with Gasteiger partial charge >= 0.3 is 0 Å². The monoisotopic (exact) mass is 331 g/mol. The van der Waals surface area contributed by atoms with E-state index in [2.05, 4.69) is 46.0 Å². The van der Waals surface area contributed by atoms with E-state index in [1.807, 2.05) is 4.90 Å². The molecular formula is C18H29N5O. The zero-order chi connectivity index (χ0) is 16.9. The fourth-order valence-electron chi connectivity index (χ4n) is 3.64. The number of anilines is 2. The zero-order valence-corrected chi connectivity index (χ0v) is 14.9. The van der Waals surface area contributed by atoms with Crippen LogP contribution in [0.5, 0.6) is 0 Å². The second kappa shape index (κ2) is 7.81. The van der Waals surface area contributed by atoms with E-state index in [0.29, 0.717) is 12.5 Å². The summed E-state index contributed by atoms with van der Waals surface area (Å²) in [6.45, 7) is 8.63. The van der Waals surface area contributed by atoms with E-state index in [1.165, 1.54) is 19.3 Å². The maximum atomic E-state index is 12.0. The van der Waals surface area contributed by atoms with Crippen molar-refractivity contribution < 1.29 is 4.79 Å². The van der Waals surface area contributed by atoms with Gasteiger partial charge in [-0.15, -0.1) is 10.2 Å². The number of hydrogen-bond donors (Lipinski definition) is 0. The van der Waals surface area contributed by atoms with Gasteiger partial charge in [-0.25, -0.2) is 0 Å². The smallest absolute Gasteiger partial charge is 0.222 e. The summed E-state index contributed by atoms with van der Waals surface area (Å²) in [6, 6.07) is 4.72. The Morgan fingerprint density at radius 1 is 1.08 bits per heavy atom. The Morgan fingerprint density at radius 2 is 1.79 bits per heavy atom. The van der Waals surface area contributed by atoms with Gasteiger partial charge in [-0.3, -0.25) is 4.79 Å². The normalized spacial score (nSPS) is 21.9. The summed E-state index contributed by atoms with van der Waals surface area (Å²) in [5, 5.41) is 8.91. The zero-order valence-electron chi connectivity index (χ0n) is 14.9. The van der Waals surface area contributed by atoms with Gasteiger partial charge < -0.3 is 14.7 Å². The van der Waals surface area contributed by atoms with Crippen LogP contribution >= 0.6 is 0 Å². The number of carbonyl (C=O) groups excluding carboxylic acids is 1. The van der Waals surface area contributed by atoms with Crippen LogP contribution in [0.3, 0.4) is 0 Å². The summed E-state index contributed by atoms with van der Waals surface area (Å²) in [7, 11) is 0. The number of amides is 1. The number of rotatable bonds is 4. The average Bonchev–Trinajstić information content (AvgIpc) is 2.63. The molecule has 6 heteroatoms. The first-order valence-electron chi connectivity index (χ1n) is 9.32. The van der Waals surface area contributed by atoms with Crippen LogP contribution in [0.2, 0.25) is 0 Å². The number of hydrogen-bond acceptors (Lipinski definition) is 5. The second-order valence-corrected chi connectivity index (χ2v) is 6.91. The predicted molar refractivity (Wildman–Crippen MR) is 96.4 cm³/mol. The van der Waals surface area contributed by atoms with Gasteiger partial charge in [-0.1, -0.05) is 6.92 Å². The van der Waals surface area contributed by atoms with Crippen LogP contribution in [-0.4, -0.2) is 59.8 Å². The highest BCUT2D eigenvalue weighted by atomic mass is 16.2. The van der Waals surface area contributed by atoms with E-state index >= 15 is 0 Å². The molecule has 0 aliphatic carbocycles. The average molecular weight is 331 g/mol. The van der Waals surface area contributed by atoms with Crippen molar-refractivity contribution in [2.45, 2.75) is 52.0 Å². The summed E-state index contributed by atoms with van der Waals surface area (Å²) in [5.74, 6) is 2.19. The molecule has 2 aliphatic heterocycles. The van der Waals surface area contributed by atoms with Gasteiger partial charge in [0, 0.05) is 45.2 Å². The lowest BCUT2D eigenvalue weighted by molar-refractivity contribution is -0.131. The molecule has 132 valence electrons. The molecule has 2 fully saturated rings. The van der Waals surface area contributed by atoms with Crippen LogP contribution in [0, 0.1) is 0 Å². The molecule has 0 bridgehead atoms. The Labute approximate surface area is 144 Å². The SMILES string of the molecule is CCCC(=O)N1CCN(c2ccc(N3CCCCC3C)nn2)CC1. The number of nitrogens with zero attached hydrogens (tertiary/aromatic N) is 5. The van der Waals surface area contributed by atoms with Crippen LogP contribution in [0.15, 0.2) is 12.1 Å². The first-order chi connectivity index (χ1) is 11.7. The first-order valence-corrected chi connectivity index (χ1v) is 9.32. The highest BCUT2D eigenvalue weighted by molar-refractivity contribution is 5.76. The summed E-state index contributed by atoms with van der Waals surface area (Å²) in [4.78, 5) is 18.5. The van der Waals surface area contributed by atoms with Crippen LogP contribution in [-0.2, 0) is 4.79 Å². The molecule has 1 unspecified atom stereocenters. The molecule has 1 aromatic rings. The number of carbonyl (C=O) groups is 1. The van der Waals surface area contributed by atoms with E-state index in [9.17, 15) is 4.79 Å². The molecule has 0 radical (unpaired) electrons. The maximum Gasteiger partial charge on any atom is 0.222 e. The van der Waals surface area contributed by atoms with Gasteiger partial charge in [-0.2, -0.15) is 0 Å². The van der Waals surface area contributed by atoms with Crippen LogP contribution in [0.25, 0.3) is 0 Å². The molecule has 1 atom stereocenters. The lowest BCUT2D eigenvalue weighted by atomic mass is 10.0. The Balaban J connectivity index is 1.57.